The van der Waals surface area contributed by atoms with Gasteiger partial charge in [0, 0.05) is 19.9 Å². The zero-order valence-electron chi connectivity index (χ0n) is 10.2. The van der Waals surface area contributed by atoms with E-state index in [1.807, 2.05) is 0 Å². The molecule has 1 rings (SSSR count). The molecule has 0 aliphatic rings. The Hall–Kier alpha value is -2.44. The second kappa shape index (κ2) is 9.76. The van der Waals surface area contributed by atoms with Crippen LogP contribution in [-0.4, -0.2) is 39.5 Å². The Morgan fingerprint density at radius 1 is 1.00 bits per heavy atom. The minimum Gasteiger partial charge on any atom is -0.504 e. The van der Waals surface area contributed by atoms with E-state index in [1.54, 1.807) is 6.07 Å². The van der Waals surface area contributed by atoms with Gasteiger partial charge in [0.25, 0.3) is 11.9 Å². The van der Waals surface area contributed by atoms with Gasteiger partial charge >= 0.3 is 0 Å². The van der Waals surface area contributed by atoms with E-state index in [-0.39, 0.29) is 11.5 Å². The van der Waals surface area contributed by atoms with Crippen LogP contribution >= 0.6 is 0 Å². The Kier molecular flexibility index (Phi) is 9.73. The number of rotatable bonds is 1. The third kappa shape index (κ3) is 13.6. The fourth-order valence-corrected chi connectivity index (χ4v) is 0.630. The van der Waals surface area contributed by atoms with Crippen molar-refractivity contribution in [1.82, 2.24) is 0 Å². The number of carboxylic acid groups (broad SMARTS) is 2. The first kappa shape index (κ1) is 17.9. The van der Waals surface area contributed by atoms with Gasteiger partial charge in [-0.05, 0) is 12.1 Å². The maximum Gasteiger partial charge on any atom is 0.300 e. The molecule has 0 spiro atoms. The summed E-state index contributed by atoms with van der Waals surface area (Å²) in [6, 6.07) is 4.28. The number of benzene rings is 1. The molecule has 1 aromatic rings. The van der Waals surface area contributed by atoms with Crippen LogP contribution in [0, 0.1) is 0 Å². The lowest BCUT2D eigenvalue weighted by atomic mass is 10.3. The first-order chi connectivity index (χ1) is 8.20. The van der Waals surface area contributed by atoms with Gasteiger partial charge < -0.3 is 25.2 Å². The number of hydrogen-bond donors (Lipinski definition) is 4. The maximum atomic E-state index is 9.00. The zero-order valence-corrected chi connectivity index (χ0v) is 10.2. The lowest BCUT2D eigenvalue weighted by molar-refractivity contribution is -0.135. The Morgan fingerprint density at radius 3 is 1.67 bits per heavy atom. The molecule has 0 bridgehead atoms. The second-order valence-corrected chi connectivity index (χ2v) is 2.89. The molecule has 0 saturated heterocycles. The van der Waals surface area contributed by atoms with Crippen molar-refractivity contribution in [3.8, 4) is 17.2 Å². The number of hydrogen-bond acceptors (Lipinski definition) is 5. The van der Waals surface area contributed by atoms with Crippen LogP contribution in [-0.2, 0) is 9.59 Å². The van der Waals surface area contributed by atoms with E-state index < -0.39 is 11.9 Å². The lowest BCUT2D eigenvalue weighted by Gasteiger charge is -2.00. The van der Waals surface area contributed by atoms with E-state index in [2.05, 4.69) is 0 Å². The Bertz CT molecular complexity index is 367. The molecule has 4 N–H and O–H groups in total. The number of aliphatic carboxylic acids is 2. The monoisotopic (exact) mass is 260 g/mol. The van der Waals surface area contributed by atoms with Crippen molar-refractivity contribution in [3.63, 3.8) is 0 Å². The number of carboxylic acids is 2. The van der Waals surface area contributed by atoms with E-state index >= 15 is 0 Å². The Labute approximate surface area is 104 Å². The topological polar surface area (TPSA) is 124 Å². The molecule has 0 fully saturated rings. The Morgan fingerprint density at radius 2 is 1.39 bits per heavy atom. The van der Waals surface area contributed by atoms with E-state index in [0.29, 0.717) is 5.75 Å². The summed E-state index contributed by atoms with van der Waals surface area (Å²) in [7, 11) is 1.49. The van der Waals surface area contributed by atoms with Crippen molar-refractivity contribution in [2.75, 3.05) is 7.11 Å². The van der Waals surface area contributed by atoms with Crippen LogP contribution in [0.3, 0.4) is 0 Å². The molecule has 0 aliphatic carbocycles. The fraction of sp³-hybridized carbons (Fsp3) is 0.273. The van der Waals surface area contributed by atoms with E-state index in [4.69, 9.17) is 34.8 Å². The maximum absolute atomic E-state index is 9.00. The molecule has 0 amide bonds. The normalized spacial score (nSPS) is 7.94. The van der Waals surface area contributed by atoms with E-state index in [1.165, 1.54) is 19.2 Å². The quantitative estimate of drug-likeness (QED) is 0.560. The van der Waals surface area contributed by atoms with Crippen molar-refractivity contribution in [2.45, 2.75) is 13.8 Å². The summed E-state index contributed by atoms with van der Waals surface area (Å²) in [5, 5.41) is 32.6. The molecule has 1 aromatic carbocycles. The van der Waals surface area contributed by atoms with Crippen LogP contribution in [0.15, 0.2) is 18.2 Å². The molecule has 7 heteroatoms. The minimum absolute atomic E-state index is 0.138. The third-order valence-corrected chi connectivity index (χ3v) is 1.18. The summed E-state index contributed by atoms with van der Waals surface area (Å²) >= 11 is 0. The standard InChI is InChI=1S/C7H8O3.2C2H4O2/c1-10-5-2-3-6(8)7(9)4-5;2*1-2(3)4/h2-4,8-9H,1H3;2*1H3,(H,3,4). The summed E-state index contributed by atoms with van der Waals surface area (Å²) in [6.07, 6.45) is 0. The van der Waals surface area contributed by atoms with Crippen LogP contribution in [0.2, 0.25) is 0 Å². The molecule has 0 heterocycles. The number of phenolic OH excluding ortho intramolecular Hbond substituents is 2. The van der Waals surface area contributed by atoms with Gasteiger partial charge in [0.1, 0.15) is 5.75 Å². The molecular formula is C11H16O7. The van der Waals surface area contributed by atoms with Gasteiger partial charge in [-0.25, -0.2) is 0 Å². The Balaban J connectivity index is 0. The highest BCUT2D eigenvalue weighted by Gasteiger charge is 1.98. The number of methoxy groups -OCH3 is 1. The summed E-state index contributed by atoms with van der Waals surface area (Å²) in [6.45, 7) is 2.17. The average Bonchev–Trinajstić information content (AvgIpc) is 2.20. The van der Waals surface area contributed by atoms with Crippen molar-refractivity contribution in [1.29, 1.82) is 0 Å². The van der Waals surface area contributed by atoms with Crippen LogP contribution in [0.25, 0.3) is 0 Å². The average molecular weight is 260 g/mol. The van der Waals surface area contributed by atoms with Crippen molar-refractivity contribution in [3.05, 3.63) is 18.2 Å². The van der Waals surface area contributed by atoms with Gasteiger partial charge in [0.15, 0.2) is 11.5 Å². The van der Waals surface area contributed by atoms with Crippen LogP contribution in [0.5, 0.6) is 17.2 Å². The van der Waals surface area contributed by atoms with Crippen molar-refractivity contribution in [2.24, 2.45) is 0 Å². The number of phenols is 2. The first-order valence-corrected chi connectivity index (χ1v) is 4.65. The van der Waals surface area contributed by atoms with E-state index in [9.17, 15) is 0 Å². The second-order valence-electron chi connectivity index (χ2n) is 2.89. The van der Waals surface area contributed by atoms with Crippen LogP contribution in [0.1, 0.15) is 13.8 Å². The highest BCUT2D eigenvalue weighted by Crippen LogP contribution is 2.28. The molecule has 0 aromatic heterocycles. The molecule has 0 saturated carbocycles. The van der Waals surface area contributed by atoms with Gasteiger partial charge in [-0.2, -0.15) is 0 Å². The lowest BCUT2D eigenvalue weighted by Crippen LogP contribution is -1.80. The summed E-state index contributed by atoms with van der Waals surface area (Å²) in [5.41, 5.74) is 0. The summed E-state index contributed by atoms with van der Waals surface area (Å²) in [4.78, 5) is 18.0. The van der Waals surface area contributed by atoms with Gasteiger partial charge in [0.2, 0.25) is 0 Å². The zero-order chi connectivity index (χ0) is 14.7. The molecule has 0 atom stereocenters. The molecule has 102 valence electrons. The SMILES string of the molecule is CC(=O)O.CC(=O)O.COc1ccc(O)c(O)c1. The summed E-state index contributed by atoms with van der Waals surface area (Å²) < 4.78 is 4.78. The van der Waals surface area contributed by atoms with E-state index in [0.717, 1.165) is 13.8 Å². The predicted molar refractivity (Wildman–Crippen MR) is 62.9 cm³/mol. The van der Waals surface area contributed by atoms with Crippen molar-refractivity contribution >= 4 is 11.9 Å². The predicted octanol–water partition coefficient (Wildman–Crippen LogP) is 1.29. The smallest absolute Gasteiger partial charge is 0.300 e. The molecule has 0 radical (unpaired) electrons. The highest BCUT2D eigenvalue weighted by molar-refractivity contribution is 5.63. The summed E-state index contributed by atoms with van der Waals surface area (Å²) in [5.74, 6) is -1.45. The highest BCUT2D eigenvalue weighted by atomic mass is 16.5. The molecule has 7 nitrogen and oxygen atoms in total. The van der Waals surface area contributed by atoms with Gasteiger partial charge in [-0.3, -0.25) is 9.59 Å². The third-order valence-electron chi connectivity index (χ3n) is 1.18. The molecular weight excluding hydrogens is 244 g/mol. The number of carbonyl (C=O) groups is 2. The van der Waals surface area contributed by atoms with Crippen LogP contribution < -0.4 is 4.74 Å². The molecule has 18 heavy (non-hydrogen) atoms. The first-order valence-electron chi connectivity index (χ1n) is 4.65. The van der Waals surface area contributed by atoms with Gasteiger partial charge in [0.05, 0.1) is 7.11 Å². The van der Waals surface area contributed by atoms with Gasteiger partial charge in [-0.15, -0.1) is 0 Å². The number of ether oxygens (including phenoxy) is 1. The fourth-order valence-electron chi connectivity index (χ4n) is 0.630. The van der Waals surface area contributed by atoms with Crippen LogP contribution in [0.4, 0.5) is 0 Å². The molecule has 0 unspecified atom stereocenters. The minimum atomic E-state index is -0.833. The largest absolute Gasteiger partial charge is 0.504 e. The van der Waals surface area contributed by atoms with Gasteiger partial charge in [-0.1, -0.05) is 0 Å². The van der Waals surface area contributed by atoms with Crippen molar-refractivity contribution < 1.29 is 34.8 Å². The number of aromatic hydroxyl groups is 2. The molecule has 0 aliphatic heterocycles.